The Hall–Kier alpha value is -2.36. The molecule has 1 saturated heterocycles. The monoisotopic (exact) mass is 418 g/mol. The van der Waals surface area contributed by atoms with Gasteiger partial charge in [0.15, 0.2) is 11.6 Å². The molecule has 1 saturated carbocycles. The maximum atomic E-state index is 12.5. The molecule has 2 N–H and O–H groups in total. The smallest absolute Gasteiger partial charge is 0.238 e. The fourth-order valence-corrected chi connectivity index (χ4v) is 4.20. The summed E-state index contributed by atoms with van der Waals surface area (Å²) in [7, 11) is 0. The summed E-state index contributed by atoms with van der Waals surface area (Å²) < 4.78 is 4.94. The molecule has 0 spiro atoms. The highest BCUT2D eigenvalue weighted by Crippen LogP contribution is 2.38. The van der Waals surface area contributed by atoms with Crippen molar-refractivity contribution < 1.29 is 14.1 Å². The van der Waals surface area contributed by atoms with Gasteiger partial charge in [-0.15, -0.1) is 11.8 Å². The van der Waals surface area contributed by atoms with E-state index in [2.05, 4.69) is 25.7 Å². The number of aromatic nitrogens is 4. The Labute approximate surface area is 173 Å². The van der Waals surface area contributed by atoms with Gasteiger partial charge in [0.05, 0.1) is 11.0 Å². The van der Waals surface area contributed by atoms with Crippen molar-refractivity contribution in [2.24, 2.45) is 0 Å². The Morgan fingerprint density at radius 3 is 2.72 bits per heavy atom. The molecule has 9 nitrogen and oxygen atoms in total. The highest BCUT2D eigenvalue weighted by atomic mass is 32.2. The number of aryl methyl sites for hydroxylation is 1. The van der Waals surface area contributed by atoms with Crippen LogP contribution >= 0.6 is 11.8 Å². The number of anilines is 1. The topological polar surface area (TPSA) is 117 Å². The van der Waals surface area contributed by atoms with E-state index in [0.29, 0.717) is 36.5 Å². The van der Waals surface area contributed by atoms with E-state index in [1.54, 1.807) is 19.9 Å². The number of H-pyrrole nitrogens is 1. The molecule has 1 aliphatic heterocycles. The maximum absolute atomic E-state index is 12.5. The first-order valence-electron chi connectivity index (χ1n) is 10.1. The second kappa shape index (κ2) is 8.56. The van der Waals surface area contributed by atoms with Gasteiger partial charge in [-0.05, 0) is 39.5 Å². The Morgan fingerprint density at radius 1 is 1.31 bits per heavy atom. The average molecular weight is 419 g/mol. The molecule has 2 aromatic heterocycles. The molecule has 0 unspecified atom stereocenters. The van der Waals surface area contributed by atoms with Gasteiger partial charge in [-0.2, -0.15) is 5.10 Å². The molecule has 1 atom stereocenters. The van der Waals surface area contributed by atoms with E-state index in [1.807, 2.05) is 4.90 Å². The van der Waals surface area contributed by atoms with Gasteiger partial charge in [-0.3, -0.25) is 14.7 Å². The molecule has 0 bridgehead atoms. The number of aromatic amines is 1. The minimum absolute atomic E-state index is 0.0709. The molecule has 2 amide bonds. The lowest BCUT2D eigenvalue weighted by atomic mass is 9.96. The largest absolute Gasteiger partial charge is 0.360 e. The van der Waals surface area contributed by atoms with E-state index < -0.39 is 0 Å². The molecule has 0 radical (unpaired) electrons. The summed E-state index contributed by atoms with van der Waals surface area (Å²) in [5.41, 5.74) is 0. The summed E-state index contributed by atoms with van der Waals surface area (Å²) in [6.07, 6.45) is 4.15. The van der Waals surface area contributed by atoms with Gasteiger partial charge in [0.25, 0.3) is 0 Å². The quantitative estimate of drug-likeness (QED) is 0.709. The van der Waals surface area contributed by atoms with Crippen LogP contribution in [0.1, 0.15) is 61.9 Å². The number of amides is 2. The molecule has 1 aliphatic carbocycles. The second-order valence-electron chi connectivity index (χ2n) is 7.77. The van der Waals surface area contributed by atoms with Crippen molar-refractivity contribution in [1.82, 2.24) is 25.2 Å². The number of hydrogen-bond donors (Lipinski definition) is 2. The Kier molecular flexibility index (Phi) is 5.89. The highest BCUT2D eigenvalue weighted by Gasteiger charge is 2.31. The summed E-state index contributed by atoms with van der Waals surface area (Å²) in [5, 5.41) is 13.5. The number of carbonyl (C=O) groups is 2. The third kappa shape index (κ3) is 4.98. The normalized spacial score (nSPS) is 18.6. The first kappa shape index (κ1) is 19.9. The van der Waals surface area contributed by atoms with Gasteiger partial charge < -0.3 is 14.7 Å². The summed E-state index contributed by atoms with van der Waals surface area (Å²) >= 11 is 1.33. The van der Waals surface area contributed by atoms with Crippen LogP contribution in [0.2, 0.25) is 0 Å². The zero-order valence-electron chi connectivity index (χ0n) is 16.7. The zero-order valence-corrected chi connectivity index (χ0v) is 17.5. The van der Waals surface area contributed by atoms with Crippen molar-refractivity contribution in [2.45, 2.75) is 56.6 Å². The minimum Gasteiger partial charge on any atom is -0.360 e. The first-order valence-corrected chi connectivity index (χ1v) is 11.1. The fraction of sp³-hybridized carbons (Fsp3) is 0.632. The molecular weight excluding hydrogens is 392 g/mol. The van der Waals surface area contributed by atoms with E-state index in [-0.39, 0.29) is 22.8 Å². The van der Waals surface area contributed by atoms with Crippen LogP contribution in [0.15, 0.2) is 10.6 Å². The molecule has 2 fully saturated rings. The highest BCUT2D eigenvalue weighted by molar-refractivity contribution is 8.01. The number of thioether (sulfide) groups is 1. The van der Waals surface area contributed by atoms with E-state index in [0.717, 1.165) is 24.5 Å². The van der Waals surface area contributed by atoms with E-state index in [4.69, 9.17) is 4.52 Å². The van der Waals surface area contributed by atoms with Crippen LogP contribution in [0.4, 0.5) is 5.82 Å². The number of carbonyl (C=O) groups excluding carboxylic acids is 2. The van der Waals surface area contributed by atoms with Gasteiger partial charge in [-0.25, -0.2) is 4.98 Å². The number of hydrogen-bond acceptors (Lipinski definition) is 7. The molecule has 2 aromatic rings. The second-order valence-corrected chi connectivity index (χ2v) is 9.10. The number of piperidine rings is 1. The molecule has 29 heavy (non-hydrogen) atoms. The lowest BCUT2D eigenvalue weighted by Gasteiger charge is -2.31. The lowest BCUT2D eigenvalue weighted by molar-refractivity contribution is -0.129. The summed E-state index contributed by atoms with van der Waals surface area (Å²) in [4.78, 5) is 31.3. The van der Waals surface area contributed by atoms with Crippen LogP contribution in [-0.4, -0.2) is 61.1 Å². The average Bonchev–Trinajstić information content (AvgIpc) is 3.31. The van der Waals surface area contributed by atoms with Crippen molar-refractivity contribution in [3.8, 4) is 0 Å². The van der Waals surface area contributed by atoms with Crippen molar-refractivity contribution in [3.63, 3.8) is 0 Å². The zero-order chi connectivity index (χ0) is 20.4. The Balaban J connectivity index is 1.19. The van der Waals surface area contributed by atoms with Crippen LogP contribution in [-0.2, 0) is 9.59 Å². The van der Waals surface area contributed by atoms with E-state index >= 15 is 0 Å². The number of nitrogens with zero attached hydrogens (tertiary/aromatic N) is 4. The number of nitrogens with one attached hydrogen (secondary N) is 2. The van der Waals surface area contributed by atoms with Crippen LogP contribution in [0.5, 0.6) is 0 Å². The Morgan fingerprint density at radius 2 is 2.07 bits per heavy atom. The van der Waals surface area contributed by atoms with Crippen molar-refractivity contribution in [2.75, 3.05) is 24.2 Å². The molecule has 156 valence electrons. The molecule has 3 heterocycles. The fourth-order valence-electron chi connectivity index (χ4n) is 3.41. The van der Waals surface area contributed by atoms with Gasteiger partial charge in [0, 0.05) is 31.0 Å². The SMILES string of the molecule is Cc1cc(NC(=O)[C@@H](C)SCC(=O)N2CCC(c3nc(C4CC4)n[nH]3)CC2)no1. The van der Waals surface area contributed by atoms with Crippen LogP contribution in [0.3, 0.4) is 0 Å². The molecule has 4 rings (SSSR count). The van der Waals surface area contributed by atoms with Crippen LogP contribution < -0.4 is 5.32 Å². The molecule has 2 aliphatic rings. The van der Waals surface area contributed by atoms with Gasteiger partial charge in [0.1, 0.15) is 11.6 Å². The Bertz CT molecular complexity index is 869. The number of likely N-dealkylation sites (tertiary alicyclic amines) is 1. The summed E-state index contributed by atoms with van der Waals surface area (Å²) in [6, 6.07) is 1.66. The van der Waals surface area contributed by atoms with Gasteiger partial charge in [-0.1, -0.05) is 5.16 Å². The molecule has 10 heteroatoms. The number of rotatable bonds is 7. The van der Waals surface area contributed by atoms with Gasteiger partial charge >= 0.3 is 0 Å². The van der Waals surface area contributed by atoms with Crippen LogP contribution in [0.25, 0.3) is 0 Å². The minimum atomic E-state index is -0.358. The van der Waals surface area contributed by atoms with E-state index in [9.17, 15) is 9.59 Å². The van der Waals surface area contributed by atoms with Gasteiger partial charge in [0.2, 0.25) is 11.8 Å². The summed E-state index contributed by atoms with van der Waals surface area (Å²) in [5.74, 6) is 3.98. The third-order valence-corrected chi connectivity index (χ3v) is 6.53. The van der Waals surface area contributed by atoms with Crippen molar-refractivity contribution >= 4 is 29.4 Å². The third-order valence-electron chi connectivity index (χ3n) is 5.40. The van der Waals surface area contributed by atoms with Crippen molar-refractivity contribution in [3.05, 3.63) is 23.5 Å². The molecular formula is C19H26N6O3S. The molecule has 0 aromatic carbocycles. The predicted molar refractivity (Wildman–Crippen MR) is 109 cm³/mol. The first-order chi connectivity index (χ1) is 14.0. The van der Waals surface area contributed by atoms with E-state index in [1.165, 1.54) is 24.6 Å². The lowest BCUT2D eigenvalue weighted by Crippen LogP contribution is -2.39. The maximum Gasteiger partial charge on any atom is 0.238 e. The predicted octanol–water partition coefficient (Wildman–Crippen LogP) is 2.44. The van der Waals surface area contributed by atoms with Crippen molar-refractivity contribution in [1.29, 1.82) is 0 Å². The summed E-state index contributed by atoms with van der Waals surface area (Å²) in [6.45, 7) is 4.97. The van der Waals surface area contributed by atoms with Crippen LogP contribution in [0, 0.1) is 6.92 Å². The standard InChI is InChI=1S/C19H26N6O3S/c1-11-9-15(24-28-11)20-19(27)12(2)29-10-16(26)25-7-5-14(6-8-25)18-21-17(22-23-18)13-3-4-13/h9,12-14H,3-8,10H2,1-2H3,(H,20,24,27)(H,21,22,23)/t12-/m1/s1.